The summed E-state index contributed by atoms with van der Waals surface area (Å²) in [6.45, 7) is 10.1. The molecule has 7 heteroatoms. The minimum absolute atomic E-state index is 0.145. The van der Waals surface area contributed by atoms with E-state index in [9.17, 15) is 4.79 Å². The summed E-state index contributed by atoms with van der Waals surface area (Å²) in [4.78, 5) is 18.0. The molecule has 0 aliphatic rings. The molecule has 1 amide bonds. The Labute approximate surface area is 171 Å². The monoisotopic (exact) mass is 396 g/mol. The van der Waals surface area contributed by atoms with Crippen LogP contribution in [0.1, 0.15) is 61.3 Å². The standard InChI is InChI=1S/C22H28N4O3/c1-12(2)17-9-15(16-11-23-26(13(3)4)21(16)24-17)22(27)25-18-10-20(29-7)19(28-6)8-14(18)5/h8-13H,1-7H3,(H,25,27). The molecule has 3 rings (SSSR count). The summed E-state index contributed by atoms with van der Waals surface area (Å²) in [6, 6.07) is 5.61. The van der Waals surface area contributed by atoms with Crippen molar-refractivity contribution in [2.24, 2.45) is 0 Å². The Hall–Kier alpha value is -3.09. The van der Waals surface area contributed by atoms with Crippen LogP contribution in [-0.2, 0) is 0 Å². The number of anilines is 1. The largest absolute Gasteiger partial charge is 0.493 e. The number of amides is 1. The molecule has 0 spiro atoms. The maximum atomic E-state index is 13.2. The molecule has 0 atom stereocenters. The lowest BCUT2D eigenvalue weighted by molar-refractivity contribution is 0.102. The average molecular weight is 396 g/mol. The van der Waals surface area contributed by atoms with Gasteiger partial charge in [-0.25, -0.2) is 9.67 Å². The molecule has 2 heterocycles. The van der Waals surface area contributed by atoms with Gasteiger partial charge in [0.25, 0.3) is 5.91 Å². The van der Waals surface area contributed by atoms with Gasteiger partial charge in [0.05, 0.1) is 31.4 Å². The summed E-state index contributed by atoms with van der Waals surface area (Å²) in [5.74, 6) is 1.15. The lowest BCUT2D eigenvalue weighted by Crippen LogP contribution is -2.15. The first kappa shape index (κ1) is 20.6. The van der Waals surface area contributed by atoms with E-state index in [1.54, 1.807) is 26.5 Å². The average Bonchev–Trinajstić information content (AvgIpc) is 3.12. The van der Waals surface area contributed by atoms with E-state index in [4.69, 9.17) is 14.5 Å². The summed E-state index contributed by atoms with van der Waals surface area (Å²) in [6.07, 6.45) is 1.71. The Kier molecular flexibility index (Phi) is 5.77. The van der Waals surface area contributed by atoms with Crippen molar-refractivity contribution in [3.8, 4) is 11.5 Å². The zero-order valence-corrected chi connectivity index (χ0v) is 18.0. The van der Waals surface area contributed by atoms with Crippen molar-refractivity contribution < 1.29 is 14.3 Å². The fourth-order valence-electron chi connectivity index (χ4n) is 3.20. The van der Waals surface area contributed by atoms with E-state index in [2.05, 4.69) is 24.3 Å². The van der Waals surface area contributed by atoms with Crippen LogP contribution in [0.15, 0.2) is 24.4 Å². The maximum absolute atomic E-state index is 13.2. The Balaban J connectivity index is 2.08. The van der Waals surface area contributed by atoms with Crippen LogP contribution in [-0.4, -0.2) is 34.9 Å². The van der Waals surface area contributed by atoms with E-state index < -0.39 is 0 Å². The number of benzene rings is 1. The highest BCUT2D eigenvalue weighted by Crippen LogP contribution is 2.33. The fourth-order valence-corrected chi connectivity index (χ4v) is 3.20. The molecule has 0 saturated heterocycles. The summed E-state index contributed by atoms with van der Waals surface area (Å²) < 4.78 is 12.5. The summed E-state index contributed by atoms with van der Waals surface area (Å²) in [5.41, 5.74) is 3.68. The number of fused-ring (bicyclic) bond motifs is 1. The number of ether oxygens (including phenoxy) is 2. The molecule has 0 unspecified atom stereocenters. The highest BCUT2D eigenvalue weighted by Gasteiger charge is 2.20. The molecule has 0 fully saturated rings. The third kappa shape index (κ3) is 3.90. The molecule has 0 aliphatic heterocycles. The summed E-state index contributed by atoms with van der Waals surface area (Å²) >= 11 is 0. The smallest absolute Gasteiger partial charge is 0.256 e. The number of hydrogen-bond donors (Lipinski definition) is 1. The number of carbonyl (C=O) groups is 1. The molecule has 2 aromatic heterocycles. The first-order valence-corrected chi connectivity index (χ1v) is 9.68. The van der Waals surface area contributed by atoms with Crippen molar-refractivity contribution in [2.45, 2.75) is 46.6 Å². The van der Waals surface area contributed by atoms with Crippen molar-refractivity contribution >= 4 is 22.6 Å². The van der Waals surface area contributed by atoms with Gasteiger partial charge in [0.1, 0.15) is 0 Å². The van der Waals surface area contributed by atoms with Crippen LogP contribution < -0.4 is 14.8 Å². The number of hydrogen-bond acceptors (Lipinski definition) is 5. The minimum atomic E-state index is -0.210. The van der Waals surface area contributed by atoms with Crippen LogP contribution in [0.2, 0.25) is 0 Å². The molecule has 0 saturated carbocycles. The van der Waals surface area contributed by atoms with Gasteiger partial charge in [0, 0.05) is 23.5 Å². The topological polar surface area (TPSA) is 78.3 Å². The summed E-state index contributed by atoms with van der Waals surface area (Å²) in [7, 11) is 3.16. The molecule has 29 heavy (non-hydrogen) atoms. The molecule has 3 aromatic rings. The maximum Gasteiger partial charge on any atom is 0.256 e. The van der Waals surface area contributed by atoms with Gasteiger partial charge in [-0.3, -0.25) is 4.79 Å². The highest BCUT2D eigenvalue weighted by atomic mass is 16.5. The molecule has 0 aliphatic carbocycles. The van der Waals surface area contributed by atoms with E-state index in [0.717, 1.165) is 22.3 Å². The van der Waals surface area contributed by atoms with Crippen molar-refractivity contribution in [1.82, 2.24) is 14.8 Å². The molecular formula is C22H28N4O3. The SMILES string of the molecule is COc1cc(C)c(NC(=O)c2cc(C(C)C)nc3c2cnn3C(C)C)cc1OC. The van der Waals surface area contributed by atoms with Gasteiger partial charge in [0.15, 0.2) is 17.1 Å². The third-order valence-electron chi connectivity index (χ3n) is 4.89. The van der Waals surface area contributed by atoms with E-state index in [0.29, 0.717) is 22.7 Å². The van der Waals surface area contributed by atoms with Crippen LogP contribution in [0.5, 0.6) is 11.5 Å². The Morgan fingerprint density at radius 1 is 1.07 bits per heavy atom. The quantitative estimate of drug-likeness (QED) is 0.653. The van der Waals surface area contributed by atoms with Crippen LogP contribution in [0.3, 0.4) is 0 Å². The first-order chi connectivity index (χ1) is 13.8. The zero-order chi connectivity index (χ0) is 21.3. The van der Waals surface area contributed by atoms with Crippen LogP contribution >= 0.6 is 0 Å². The molecule has 1 N–H and O–H groups in total. The van der Waals surface area contributed by atoms with E-state index in [1.165, 1.54) is 0 Å². The summed E-state index contributed by atoms with van der Waals surface area (Å²) in [5, 5.41) is 8.20. The predicted molar refractivity (Wildman–Crippen MR) is 114 cm³/mol. The number of pyridine rings is 1. The number of aryl methyl sites for hydroxylation is 1. The van der Waals surface area contributed by atoms with Crippen molar-refractivity contribution in [1.29, 1.82) is 0 Å². The second kappa shape index (κ2) is 8.11. The van der Waals surface area contributed by atoms with Crippen molar-refractivity contribution in [3.63, 3.8) is 0 Å². The van der Waals surface area contributed by atoms with Gasteiger partial charge in [-0.2, -0.15) is 5.10 Å². The lowest BCUT2D eigenvalue weighted by Gasteiger charge is -2.15. The molecule has 1 aromatic carbocycles. The number of rotatable bonds is 6. The van der Waals surface area contributed by atoms with E-state index >= 15 is 0 Å². The minimum Gasteiger partial charge on any atom is -0.493 e. The van der Waals surface area contributed by atoms with Crippen molar-refractivity contribution in [3.05, 3.63) is 41.2 Å². The first-order valence-electron chi connectivity index (χ1n) is 9.68. The number of carbonyl (C=O) groups excluding carboxylic acids is 1. The fraction of sp³-hybridized carbons (Fsp3) is 0.409. The molecule has 154 valence electrons. The molecule has 0 bridgehead atoms. The van der Waals surface area contributed by atoms with Gasteiger partial charge in [0.2, 0.25) is 0 Å². The van der Waals surface area contributed by atoms with Gasteiger partial charge in [-0.15, -0.1) is 0 Å². The number of methoxy groups -OCH3 is 2. The van der Waals surface area contributed by atoms with Crippen LogP contribution in [0, 0.1) is 6.92 Å². The second-order valence-corrected chi connectivity index (χ2v) is 7.65. The Morgan fingerprint density at radius 3 is 2.31 bits per heavy atom. The zero-order valence-electron chi connectivity index (χ0n) is 18.0. The molecule has 7 nitrogen and oxygen atoms in total. The number of nitrogens with one attached hydrogen (secondary N) is 1. The highest BCUT2D eigenvalue weighted by molar-refractivity contribution is 6.12. The van der Waals surface area contributed by atoms with Crippen molar-refractivity contribution in [2.75, 3.05) is 19.5 Å². The lowest BCUT2D eigenvalue weighted by atomic mass is 10.0. The Morgan fingerprint density at radius 2 is 1.72 bits per heavy atom. The van der Waals surface area contributed by atoms with Crippen LogP contribution in [0.4, 0.5) is 5.69 Å². The second-order valence-electron chi connectivity index (χ2n) is 7.65. The predicted octanol–water partition coefficient (Wildman–Crippen LogP) is 4.71. The van der Waals surface area contributed by atoms with Crippen LogP contribution in [0.25, 0.3) is 11.0 Å². The normalized spacial score (nSPS) is 11.3. The number of nitrogens with zero attached hydrogens (tertiary/aromatic N) is 3. The van der Waals surface area contributed by atoms with Gasteiger partial charge in [-0.05, 0) is 44.4 Å². The van der Waals surface area contributed by atoms with E-state index in [1.807, 2.05) is 37.6 Å². The Bertz CT molecular complexity index is 1050. The third-order valence-corrected chi connectivity index (χ3v) is 4.89. The van der Waals surface area contributed by atoms with Gasteiger partial charge in [-0.1, -0.05) is 13.8 Å². The van der Waals surface area contributed by atoms with Gasteiger partial charge >= 0.3 is 0 Å². The number of aromatic nitrogens is 3. The van der Waals surface area contributed by atoms with E-state index in [-0.39, 0.29) is 17.9 Å². The molecular weight excluding hydrogens is 368 g/mol. The van der Waals surface area contributed by atoms with Gasteiger partial charge < -0.3 is 14.8 Å². The molecule has 0 radical (unpaired) electrons.